The summed E-state index contributed by atoms with van der Waals surface area (Å²) >= 11 is 0. The van der Waals surface area contributed by atoms with Crippen molar-refractivity contribution >= 4 is 5.78 Å². The van der Waals surface area contributed by atoms with Crippen LogP contribution >= 0.6 is 0 Å². The first-order valence-electron chi connectivity index (χ1n) is 8.09. The zero-order chi connectivity index (χ0) is 13.2. The first-order valence-corrected chi connectivity index (χ1v) is 8.09. The molecule has 6 atom stereocenters. The van der Waals surface area contributed by atoms with E-state index in [1.807, 2.05) is 0 Å². The molecule has 0 aromatic heterocycles. The van der Waals surface area contributed by atoms with Crippen LogP contribution in [-0.2, 0) is 4.79 Å². The molecule has 2 saturated carbocycles. The van der Waals surface area contributed by atoms with Gasteiger partial charge in [0.25, 0.3) is 0 Å². The highest BCUT2D eigenvalue weighted by atomic mass is 16.3. The van der Waals surface area contributed by atoms with Gasteiger partial charge in [0.15, 0.2) is 0 Å². The van der Waals surface area contributed by atoms with Crippen molar-refractivity contribution in [1.29, 1.82) is 0 Å². The van der Waals surface area contributed by atoms with Crippen molar-refractivity contribution in [2.75, 3.05) is 13.1 Å². The van der Waals surface area contributed by atoms with Crippen molar-refractivity contribution in [3.63, 3.8) is 0 Å². The van der Waals surface area contributed by atoms with Crippen LogP contribution < -0.4 is 0 Å². The highest BCUT2D eigenvalue weighted by molar-refractivity contribution is 5.84. The van der Waals surface area contributed by atoms with Crippen LogP contribution in [0.15, 0.2) is 0 Å². The lowest BCUT2D eigenvalue weighted by atomic mass is 9.48. The van der Waals surface area contributed by atoms with Crippen LogP contribution in [0.25, 0.3) is 0 Å². The van der Waals surface area contributed by atoms with Gasteiger partial charge < -0.3 is 5.11 Å². The molecule has 0 unspecified atom stereocenters. The topological polar surface area (TPSA) is 40.5 Å². The number of Topliss-reactive ketones (excluding diaryl/α,β-unsaturated/α-hetero) is 1. The third kappa shape index (κ3) is 1.49. The second-order valence-corrected chi connectivity index (χ2v) is 7.53. The van der Waals surface area contributed by atoms with Gasteiger partial charge in [0.05, 0.1) is 6.10 Å². The molecule has 3 nitrogen and oxygen atoms in total. The average Bonchev–Trinajstić information content (AvgIpc) is 2.35. The molecule has 0 amide bonds. The molecule has 0 aromatic rings. The van der Waals surface area contributed by atoms with E-state index >= 15 is 0 Å². The van der Waals surface area contributed by atoms with E-state index in [1.165, 1.54) is 6.42 Å². The molecule has 19 heavy (non-hydrogen) atoms. The Hall–Kier alpha value is -0.410. The number of aliphatic hydroxyl groups is 1. The molecular weight excluding hydrogens is 238 g/mol. The number of piperidine rings is 2. The predicted molar refractivity (Wildman–Crippen MR) is 72.7 cm³/mol. The van der Waals surface area contributed by atoms with Gasteiger partial charge in [0.2, 0.25) is 0 Å². The third-order valence-corrected chi connectivity index (χ3v) is 6.54. The summed E-state index contributed by atoms with van der Waals surface area (Å²) in [6.07, 6.45) is 6.02. The van der Waals surface area contributed by atoms with Crippen molar-refractivity contribution in [1.82, 2.24) is 4.90 Å². The summed E-state index contributed by atoms with van der Waals surface area (Å²) in [6.45, 7) is 4.49. The maximum atomic E-state index is 12.6. The molecule has 0 aromatic carbocycles. The number of carbonyl (C=O) groups excluding carboxylic acids is 1. The second-order valence-electron chi connectivity index (χ2n) is 7.53. The fourth-order valence-corrected chi connectivity index (χ4v) is 6.21. The van der Waals surface area contributed by atoms with E-state index in [2.05, 4.69) is 11.8 Å². The summed E-state index contributed by atoms with van der Waals surface area (Å²) in [5.74, 6) is 2.26. The van der Waals surface area contributed by atoms with E-state index in [1.54, 1.807) is 0 Å². The summed E-state index contributed by atoms with van der Waals surface area (Å²) in [4.78, 5) is 15.2. The molecule has 2 aliphatic carbocycles. The van der Waals surface area contributed by atoms with Crippen LogP contribution in [0.3, 0.4) is 0 Å². The van der Waals surface area contributed by atoms with Gasteiger partial charge in [-0.05, 0) is 50.5 Å². The Morgan fingerprint density at radius 2 is 2.16 bits per heavy atom. The third-order valence-electron chi connectivity index (χ3n) is 6.54. The van der Waals surface area contributed by atoms with Crippen molar-refractivity contribution in [2.24, 2.45) is 23.7 Å². The molecule has 2 bridgehead atoms. The predicted octanol–water partition coefficient (Wildman–Crippen LogP) is 1.84. The minimum atomic E-state index is -0.164. The highest BCUT2D eigenvalue weighted by Gasteiger charge is 2.64. The van der Waals surface area contributed by atoms with Crippen molar-refractivity contribution in [3.8, 4) is 0 Å². The fraction of sp³-hybridized carbons (Fsp3) is 0.938. The number of rotatable bonds is 0. The molecule has 4 fully saturated rings. The molecule has 1 spiro atoms. The average molecular weight is 263 g/mol. The van der Waals surface area contributed by atoms with Crippen molar-refractivity contribution in [2.45, 2.75) is 57.1 Å². The van der Waals surface area contributed by atoms with Crippen LogP contribution in [0.4, 0.5) is 0 Å². The molecule has 2 aliphatic heterocycles. The Morgan fingerprint density at radius 3 is 3.00 bits per heavy atom. The zero-order valence-electron chi connectivity index (χ0n) is 11.8. The van der Waals surface area contributed by atoms with Crippen molar-refractivity contribution in [3.05, 3.63) is 0 Å². The Balaban J connectivity index is 1.84. The largest absolute Gasteiger partial charge is 0.393 e. The molecule has 1 N–H and O–H groups in total. The van der Waals surface area contributed by atoms with Crippen LogP contribution in [0.5, 0.6) is 0 Å². The van der Waals surface area contributed by atoms with Gasteiger partial charge in [-0.15, -0.1) is 0 Å². The van der Waals surface area contributed by atoms with E-state index in [0.717, 1.165) is 45.2 Å². The Bertz CT molecular complexity index is 410. The lowest BCUT2D eigenvalue weighted by molar-refractivity contribution is -0.196. The number of ketones is 1. The normalized spacial score (nSPS) is 53.8. The molecular formula is C16H25NO2. The summed E-state index contributed by atoms with van der Waals surface area (Å²) in [5.41, 5.74) is 0.0353. The molecule has 4 rings (SSSR count). The second kappa shape index (κ2) is 4.05. The highest BCUT2D eigenvalue weighted by Crippen LogP contribution is 2.59. The zero-order valence-corrected chi connectivity index (χ0v) is 11.8. The van der Waals surface area contributed by atoms with Crippen LogP contribution in [0.1, 0.15) is 45.4 Å². The molecule has 2 saturated heterocycles. The molecule has 3 heteroatoms. The number of carbonyl (C=O) groups is 1. The van der Waals surface area contributed by atoms with Crippen molar-refractivity contribution < 1.29 is 9.90 Å². The summed E-state index contributed by atoms with van der Waals surface area (Å²) in [7, 11) is 0. The first kappa shape index (κ1) is 12.3. The monoisotopic (exact) mass is 263 g/mol. The van der Waals surface area contributed by atoms with E-state index < -0.39 is 0 Å². The van der Waals surface area contributed by atoms with E-state index in [-0.39, 0.29) is 17.6 Å². The first-order chi connectivity index (χ1) is 9.13. The smallest absolute Gasteiger partial charge is 0.138 e. The van der Waals surface area contributed by atoms with Crippen LogP contribution in [-0.4, -0.2) is 40.5 Å². The van der Waals surface area contributed by atoms with Crippen LogP contribution in [0.2, 0.25) is 0 Å². The summed E-state index contributed by atoms with van der Waals surface area (Å²) in [6, 6.07) is 0. The van der Waals surface area contributed by atoms with Gasteiger partial charge in [-0.3, -0.25) is 9.69 Å². The maximum Gasteiger partial charge on any atom is 0.138 e. The lowest BCUT2D eigenvalue weighted by Crippen LogP contribution is -2.74. The SMILES string of the molecule is C[C@@H]1C[C@@H]2CC(=O)[C@H]3CCCN4CC[C@H](O)[C@H]2[C@]34C1. The van der Waals surface area contributed by atoms with Gasteiger partial charge in [-0.2, -0.15) is 0 Å². The van der Waals surface area contributed by atoms with Gasteiger partial charge in [0.1, 0.15) is 5.78 Å². The molecule has 0 radical (unpaired) electrons. The molecule has 106 valence electrons. The molecule has 4 aliphatic rings. The van der Waals surface area contributed by atoms with E-state index in [9.17, 15) is 9.90 Å². The number of hydrogen-bond acceptors (Lipinski definition) is 3. The number of nitrogens with zero attached hydrogens (tertiary/aromatic N) is 1. The fourth-order valence-electron chi connectivity index (χ4n) is 6.21. The Labute approximate surface area is 115 Å². The van der Waals surface area contributed by atoms with E-state index in [0.29, 0.717) is 23.5 Å². The number of aliphatic hydroxyl groups excluding tert-OH is 1. The lowest BCUT2D eigenvalue weighted by Gasteiger charge is -2.66. The van der Waals surface area contributed by atoms with Crippen LogP contribution in [0, 0.1) is 23.7 Å². The summed E-state index contributed by atoms with van der Waals surface area (Å²) in [5, 5.41) is 10.6. The Kier molecular flexibility index (Phi) is 2.63. The summed E-state index contributed by atoms with van der Waals surface area (Å²) < 4.78 is 0. The Morgan fingerprint density at radius 1 is 1.32 bits per heavy atom. The number of hydrogen-bond donors (Lipinski definition) is 1. The quantitative estimate of drug-likeness (QED) is 0.725. The maximum absolute atomic E-state index is 12.6. The van der Waals surface area contributed by atoms with Gasteiger partial charge in [0, 0.05) is 30.3 Å². The minimum absolute atomic E-state index is 0.0353. The molecule has 2 heterocycles. The van der Waals surface area contributed by atoms with Gasteiger partial charge in [-0.1, -0.05) is 6.92 Å². The van der Waals surface area contributed by atoms with Gasteiger partial charge in [-0.25, -0.2) is 0 Å². The minimum Gasteiger partial charge on any atom is -0.393 e. The van der Waals surface area contributed by atoms with Gasteiger partial charge >= 0.3 is 0 Å². The van der Waals surface area contributed by atoms with E-state index in [4.69, 9.17) is 0 Å². The standard InChI is InChI=1S/C16H25NO2/c1-10-7-11-8-14(19)12-3-2-5-17-6-4-13(18)15(11)16(12,17)9-10/h10-13,15,18H,2-9H2,1H3/t10-,11-,12-,13+,15+,16+/m1/s1.